The summed E-state index contributed by atoms with van der Waals surface area (Å²) in [5.41, 5.74) is 4.26. The number of anilines is 1. The zero-order chi connectivity index (χ0) is 17.3. The Hall–Kier alpha value is -2.62. The summed E-state index contributed by atoms with van der Waals surface area (Å²) >= 11 is 0. The lowest BCUT2D eigenvalue weighted by molar-refractivity contribution is -0.115. The van der Waals surface area contributed by atoms with Crippen LogP contribution in [-0.4, -0.2) is 10.9 Å². The van der Waals surface area contributed by atoms with Gasteiger partial charge in [-0.15, -0.1) is 0 Å². The van der Waals surface area contributed by atoms with Crippen LogP contribution in [-0.2, 0) is 16.6 Å². The standard InChI is InChI=1S/C20H22N2O2/c1-13-5-7-14(8-6-13)11-18(23)21-15-9-10-17-16(12-15)22-19(24-17)20(2,3)4/h5-10,12H,11H2,1-4H3,(H,21,23). The molecule has 3 aromatic rings. The molecule has 1 heterocycles. The van der Waals surface area contributed by atoms with Gasteiger partial charge >= 0.3 is 0 Å². The van der Waals surface area contributed by atoms with Crippen molar-refractivity contribution in [2.45, 2.75) is 39.5 Å². The summed E-state index contributed by atoms with van der Waals surface area (Å²) in [4.78, 5) is 16.7. The first-order valence-electron chi connectivity index (χ1n) is 8.08. The summed E-state index contributed by atoms with van der Waals surface area (Å²) in [5, 5.41) is 2.92. The molecule has 0 radical (unpaired) electrons. The van der Waals surface area contributed by atoms with E-state index in [0.29, 0.717) is 12.3 Å². The van der Waals surface area contributed by atoms with Gasteiger partial charge in [-0.1, -0.05) is 50.6 Å². The van der Waals surface area contributed by atoms with Crippen molar-refractivity contribution >= 4 is 22.7 Å². The van der Waals surface area contributed by atoms with E-state index in [0.717, 1.165) is 22.4 Å². The van der Waals surface area contributed by atoms with Gasteiger partial charge in [0, 0.05) is 11.1 Å². The van der Waals surface area contributed by atoms with Crippen LogP contribution in [0.25, 0.3) is 11.1 Å². The summed E-state index contributed by atoms with van der Waals surface area (Å²) in [6.07, 6.45) is 0.352. The van der Waals surface area contributed by atoms with Crippen LogP contribution in [0.15, 0.2) is 46.9 Å². The van der Waals surface area contributed by atoms with Crippen molar-refractivity contribution in [3.63, 3.8) is 0 Å². The quantitative estimate of drug-likeness (QED) is 0.766. The summed E-state index contributed by atoms with van der Waals surface area (Å²) in [6, 6.07) is 13.5. The van der Waals surface area contributed by atoms with E-state index < -0.39 is 0 Å². The molecular weight excluding hydrogens is 300 g/mol. The summed E-state index contributed by atoms with van der Waals surface area (Å²) in [7, 11) is 0. The number of fused-ring (bicyclic) bond motifs is 1. The second kappa shape index (κ2) is 6.11. The van der Waals surface area contributed by atoms with Crippen molar-refractivity contribution in [1.29, 1.82) is 0 Å². The fourth-order valence-corrected chi connectivity index (χ4v) is 2.42. The Labute approximate surface area is 141 Å². The van der Waals surface area contributed by atoms with Gasteiger partial charge in [0.05, 0.1) is 6.42 Å². The predicted molar refractivity (Wildman–Crippen MR) is 96.2 cm³/mol. The van der Waals surface area contributed by atoms with Crippen molar-refractivity contribution in [3.8, 4) is 0 Å². The van der Waals surface area contributed by atoms with Crippen molar-refractivity contribution in [2.24, 2.45) is 0 Å². The number of hydrogen-bond donors (Lipinski definition) is 1. The first-order chi connectivity index (χ1) is 11.3. The molecule has 0 aliphatic rings. The van der Waals surface area contributed by atoms with Gasteiger partial charge in [0.15, 0.2) is 5.58 Å². The number of aryl methyl sites for hydroxylation is 1. The number of hydrogen-bond acceptors (Lipinski definition) is 3. The summed E-state index contributed by atoms with van der Waals surface area (Å²) in [5.74, 6) is 0.651. The maximum absolute atomic E-state index is 12.2. The number of amides is 1. The Morgan fingerprint density at radius 3 is 2.50 bits per heavy atom. The number of nitrogens with zero attached hydrogens (tertiary/aromatic N) is 1. The molecule has 0 aliphatic heterocycles. The molecule has 0 fully saturated rings. The molecule has 3 rings (SSSR count). The molecule has 0 saturated carbocycles. The molecule has 1 N–H and O–H groups in total. The van der Waals surface area contributed by atoms with Crippen LogP contribution in [0.4, 0.5) is 5.69 Å². The first kappa shape index (κ1) is 16.2. The highest BCUT2D eigenvalue weighted by Gasteiger charge is 2.21. The monoisotopic (exact) mass is 322 g/mol. The van der Waals surface area contributed by atoms with Gasteiger partial charge in [0.1, 0.15) is 5.52 Å². The van der Waals surface area contributed by atoms with Gasteiger partial charge in [-0.25, -0.2) is 4.98 Å². The molecule has 0 unspecified atom stereocenters. The predicted octanol–water partition coefficient (Wildman–Crippen LogP) is 4.61. The Bertz CT molecular complexity index is 871. The highest BCUT2D eigenvalue weighted by molar-refractivity contribution is 5.94. The van der Waals surface area contributed by atoms with Crippen molar-refractivity contribution in [1.82, 2.24) is 4.98 Å². The van der Waals surface area contributed by atoms with Crippen LogP contribution in [0.3, 0.4) is 0 Å². The molecule has 0 aliphatic carbocycles. The summed E-state index contributed by atoms with van der Waals surface area (Å²) < 4.78 is 5.78. The molecule has 0 bridgehead atoms. The molecule has 4 heteroatoms. The number of carbonyl (C=O) groups excluding carboxylic acids is 1. The average Bonchev–Trinajstić information content (AvgIpc) is 2.93. The summed E-state index contributed by atoms with van der Waals surface area (Å²) in [6.45, 7) is 8.20. The van der Waals surface area contributed by atoms with E-state index in [2.05, 4.69) is 31.1 Å². The molecule has 0 atom stereocenters. The molecule has 124 valence electrons. The van der Waals surface area contributed by atoms with Gasteiger partial charge in [-0.2, -0.15) is 0 Å². The van der Waals surface area contributed by atoms with Crippen LogP contribution < -0.4 is 5.32 Å². The minimum absolute atomic E-state index is 0.0438. The highest BCUT2D eigenvalue weighted by Crippen LogP contribution is 2.27. The minimum atomic E-state index is -0.145. The molecule has 0 saturated heterocycles. The largest absolute Gasteiger partial charge is 0.440 e. The number of rotatable bonds is 3. The Morgan fingerprint density at radius 2 is 1.83 bits per heavy atom. The normalized spacial score (nSPS) is 11.7. The van der Waals surface area contributed by atoms with E-state index in [1.165, 1.54) is 5.56 Å². The fraction of sp³-hybridized carbons (Fsp3) is 0.300. The topological polar surface area (TPSA) is 55.1 Å². The lowest BCUT2D eigenvalue weighted by Gasteiger charge is -2.11. The smallest absolute Gasteiger partial charge is 0.228 e. The van der Waals surface area contributed by atoms with Gasteiger partial charge in [0.25, 0.3) is 0 Å². The lowest BCUT2D eigenvalue weighted by atomic mass is 9.97. The first-order valence-corrected chi connectivity index (χ1v) is 8.08. The van der Waals surface area contributed by atoms with E-state index in [-0.39, 0.29) is 11.3 Å². The average molecular weight is 322 g/mol. The third kappa shape index (κ3) is 3.65. The van der Waals surface area contributed by atoms with Gasteiger partial charge in [0.2, 0.25) is 11.8 Å². The number of oxazole rings is 1. The SMILES string of the molecule is Cc1ccc(CC(=O)Nc2ccc3oc(C(C)(C)C)nc3c2)cc1. The number of aromatic nitrogens is 1. The maximum atomic E-state index is 12.2. The highest BCUT2D eigenvalue weighted by atomic mass is 16.3. The van der Waals surface area contributed by atoms with Crippen molar-refractivity contribution < 1.29 is 9.21 Å². The van der Waals surface area contributed by atoms with Crippen molar-refractivity contribution in [2.75, 3.05) is 5.32 Å². The van der Waals surface area contributed by atoms with Crippen LogP contribution in [0.2, 0.25) is 0 Å². The molecule has 24 heavy (non-hydrogen) atoms. The molecule has 4 nitrogen and oxygen atoms in total. The minimum Gasteiger partial charge on any atom is -0.440 e. The van der Waals surface area contributed by atoms with E-state index in [4.69, 9.17) is 4.42 Å². The second-order valence-electron chi connectivity index (χ2n) is 7.16. The third-order valence-corrected chi connectivity index (χ3v) is 3.80. The van der Waals surface area contributed by atoms with Crippen LogP contribution in [0, 0.1) is 6.92 Å². The maximum Gasteiger partial charge on any atom is 0.228 e. The number of benzene rings is 2. The zero-order valence-corrected chi connectivity index (χ0v) is 14.5. The van der Waals surface area contributed by atoms with E-state index in [1.54, 1.807) is 0 Å². The second-order valence-corrected chi connectivity index (χ2v) is 7.16. The van der Waals surface area contributed by atoms with Crippen LogP contribution >= 0.6 is 0 Å². The molecule has 2 aromatic carbocycles. The van der Waals surface area contributed by atoms with Crippen LogP contribution in [0.5, 0.6) is 0 Å². The lowest BCUT2D eigenvalue weighted by Crippen LogP contribution is -2.14. The van der Waals surface area contributed by atoms with E-state index in [9.17, 15) is 4.79 Å². The van der Waals surface area contributed by atoms with Gasteiger partial charge in [-0.3, -0.25) is 4.79 Å². The van der Waals surface area contributed by atoms with Gasteiger partial charge < -0.3 is 9.73 Å². The van der Waals surface area contributed by atoms with E-state index >= 15 is 0 Å². The Kier molecular flexibility index (Phi) is 4.14. The van der Waals surface area contributed by atoms with Crippen LogP contribution in [0.1, 0.15) is 37.8 Å². The number of carbonyl (C=O) groups is 1. The third-order valence-electron chi connectivity index (χ3n) is 3.80. The Balaban J connectivity index is 1.74. The molecule has 0 spiro atoms. The fourth-order valence-electron chi connectivity index (χ4n) is 2.42. The van der Waals surface area contributed by atoms with E-state index in [1.807, 2.05) is 49.4 Å². The molecule has 1 amide bonds. The van der Waals surface area contributed by atoms with Gasteiger partial charge in [-0.05, 0) is 30.7 Å². The molecule has 1 aromatic heterocycles. The molecular formula is C20H22N2O2. The Morgan fingerprint density at radius 1 is 1.12 bits per heavy atom. The number of nitrogens with one attached hydrogen (secondary N) is 1. The zero-order valence-electron chi connectivity index (χ0n) is 14.5. The van der Waals surface area contributed by atoms with Crippen molar-refractivity contribution in [3.05, 3.63) is 59.5 Å².